The molecule has 0 radical (unpaired) electrons. The molecule has 1 heterocycles. The van der Waals surface area contributed by atoms with Crippen molar-refractivity contribution in [3.05, 3.63) is 59.8 Å². The maximum atomic E-state index is 7.25. The van der Waals surface area contributed by atoms with Crippen molar-refractivity contribution in [1.29, 1.82) is 5.41 Å². The van der Waals surface area contributed by atoms with Crippen LogP contribution in [0.5, 0.6) is 5.88 Å². The Kier molecular flexibility index (Phi) is 3.91. The molecule has 0 fully saturated rings. The van der Waals surface area contributed by atoms with Gasteiger partial charge in [-0.2, -0.15) is 0 Å². The van der Waals surface area contributed by atoms with E-state index in [1.807, 2.05) is 18.2 Å². The minimum atomic E-state index is 0.0123. The molecule has 3 N–H and O–H groups in total. The van der Waals surface area contributed by atoms with Crippen molar-refractivity contribution < 1.29 is 4.74 Å². The van der Waals surface area contributed by atoms with Gasteiger partial charge in [0.2, 0.25) is 5.88 Å². The van der Waals surface area contributed by atoms with Gasteiger partial charge in [-0.25, -0.2) is 4.98 Å². The second-order valence-corrected chi connectivity index (χ2v) is 3.88. The van der Waals surface area contributed by atoms with Crippen LogP contribution in [0.3, 0.4) is 0 Å². The Labute approximate surface area is 106 Å². The molecule has 4 heteroatoms. The zero-order valence-electron chi connectivity index (χ0n) is 9.97. The van der Waals surface area contributed by atoms with E-state index in [0.29, 0.717) is 18.1 Å². The fraction of sp³-hybridized carbons (Fsp3) is 0.143. The summed E-state index contributed by atoms with van der Waals surface area (Å²) in [6.45, 7) is 0.580. The van der Waals surface area contributed by atoms with Gasteiger partial charge < -0.3 is 10.5 Å². The van der Waals surface area contributed by atoms with Gasteiger partial charge in [-0.15, -0.1) is 0 Å². The number of nitrogens with zero attached hydrogens (tertiary/aromatic N) is 1. The number of nitrogen functional groups attached to an aromatic ring is 1. The molecule has 0 aliphatic rings. The summed E-state index contributed by atoms with van der Waals surface area (Å²) in [4.78, 5) is 4.09. The largest absolute Gasteiger partial charge is 0.477 e. The van der Waals surface area contributed by atoms with E-state index in [2.05, 4.69) is 17.1 Å². The standard InChI is InChI=1S/C14H15N3O/c15-14(16)12-6-7-13(17-10-12)18-9-8-11-4-2-1-3-5-11/h1-7,10H,8-9H2,(H3,15,16). The first kappa shape index (κ1) is 12.1. The molecule has 0 bridgehead atoms. The van der Waals surface area contributed by atoms with E-state index in [9.17, 15) is 0 Å². The summed E-state index contributed by atoms with van der Waals surface area (Å²) < 4.78 is 5.52. The summed E-state index contributed by atoms with van der Waals surface area (Å²) in [7, 11) is 0. The van der Waals surface area contributed by atoms with Crippen LogP contribution in [0, 0.1) is 5.41 Å². The third-order valence-corrected chi connectivity index (χ3v) is 2.53. The predicted octanol–water partition coefficient (Wildman–Crippen LogP) is 1.99. The number of ether oxygens (including phenoxy) is 1. The highest BCUT2D eigenvalue weighted by Crippen LogP contribution is 2.08. The molecular formula is C14H15N3O. The first-order chi connectivity index (χ1) is 8.75. The van der Waals surface area contributed by atoms with E-state index in [-0.39, 0.29) is 5.84 Å². The van der Waals surface area contributed by atoms with Crippen LogP contribution in [0.4, 0.5) is 0 Å². The molecule has 0 spiro atoms. The number of hydrogen-bond donors (Lipinski definition) is 2. The molecule has 1 aromatic heterocycles. The lowest BCUT2D eigenvalue weighted by molar-refractivity contribution is 0.309. The van der Waals surface area contributed by atoms with Crippen molar-refractivity contribution >= 4 is 5.84 Å². The van der Waals surface area contributed by atoms with Crippen molar-refractivity contribution in [2.45, 2.75) is 6.42 Å². The minimum Gasteiger partial charge on any atom is -0.477 e. The third-order valence-electron chi connectivity index (χ3n) is 2.53. The van der Waals surface area contributed by atoms with Gasteiger partial charge >= 0.3 is 0 Å². The van der Waals surface area contributed by atoms with Gasteiger partial charge in [-0.1, -0.05) is 30.3 Å². The van der Waals surface area contributed by atoms with E-state index in [4.69, 9.17) is 15.9 Å². The van der Waals surface area contributed by atoms with Crippen LogP contribution in [0.15, 0.2) is 48.7 Å². The molecule has 4 nitrogen and oxygen atoms in total. The van der Waals surface area contributed by atoms with E-state index in [1.54, 1.807) is 18.3 Å². The van der Waals surface area contributed by atoms with E-state index in [1.165, 1.54) is 5.56 Å². The SMILES string of the molecule is N=C(N)c1ccc(OCCc2ccccc2)nc1. The van der Waals surface area contributed by atoms with Crippen LogP contribution in [-0.4, -0.2) is 17.4 Å². The van der Waals surface area contributed by atoms with Crippen molar-refractivity contribution in [2.75, 3.05) is 6.61 Å². The summed E-state index contributed by atoms with van der Waals surface area (Å²) in [5, 5.41) is 7.25. The highest BCUT2D eigenvalue weighted by Gasteiger charge is 1.99. The van der Waals surface area contributed by atoms with Gasteiger partial charge in [0.05, 0.1) is 6.61 Å². The monoisotopic (exact) mass is 241 g/mol. The fourth-order valence-electron chi connectivity index (χ4n) is 1.54. The van der Waals surface area contributed by atoms with Crippen LogP contribution < -0.4 is 10.5 Å². The average molecular weight is 241 g/mol. The molecule has 0 aliphatic heterocycles. The number of nitrogens with two attached hydrogens (primary N) is 1. The highest BCUT2D eigenvalue weighted by molar-refractivity contribution is 5.94. The predicted molar refractivity (Wildman–Crippen MR) is 70.9 cm³/mol. The lowest BCUT2D eigenvalue weighted by Gasteiger charge is -2.05. The highest BCUT2D eigenvalue weighted by atomic mass is 16.5. The Balaban J connectivity index is 1.85. The quantitative estimate of drug-likeness (QED) is 0.621. The molecule has 2 aromatic rings. The second kappa shape index (κ2) is 5.82. The molecule has 1 aromatic carbocycles. The zero-order chi connectivity index (χ0) is 12.8. The van der Waals surface area contributed by atoms with E-state index in [0.717, 1.165) is 6.42 Å². The van der Waals surface area contributed by atoms with Crippen molar-refractivity contribution in [3.63, 3.8) is 0 Å². The number of pyridine rings is 1. The topological polar surface area (TPSA) is 72.0 Å². The van der Waals surface area contributed by atoms with Crippen LogP contribution >= 0.6 is 0 Å². The Morgan fingerprint density at radius 3 is 2.56 bits per heavy atom. The summed E-state index contributed by atoms with van der Waals surface area (Å²) >= 11 is 0. The molecule has 0 unspecified atom stereocenters. The maximum absolute atomic E-state index is 7.25. The summed E-state index contributed by atoms with van der Waals surface area (Å²) in [5.41, 5.74) is 7.18. The Hall–Kier alpha value is -2.36. The van der Waals surface area contributed by atoms with Crippen LogP contribution in [0.2, 0.25) is 0 Å². The average Bonchev–Trinajstić information content (AvgIpc) is 2.40. The molecule has 0 aliphatic carbocycles. The number of aromatic nitrogens is 1. The van der Waals surface area contributed by atoms with Gasteiger partial charge in [-0.05, 0) is 11.6 Å². The van der Waals surface area contributed by atoms with Gasteiger partial charge in [0.1, 0.15) is 5.84 Å². The number of benzene rings is 1. The first-order valence-corrected chi connectivity index (χ1v) is 5.73. The Morgan fingerprint density at radius 1 is 1.17 bits per heavy atom. The van der Waals surface area contributed by atoms with Crippen molar-refractivity contribution in [2.24, 2.45) is 5.73 Å². The van der Waals surface area contributed by atoms with Crippen molar-refractivity contribution in [1.82, 2.24) is 4.98 Å². The molecule has 92 valence electrons. The summed E-state index contributed by atoms with van der Waals surface area (Å²) in [6.07, 6.45) is 2.39. The second-order valence-electron chi connectivity index (χ2n) is 3.88. The van der Waals surface area contributed by atoms with Gasteiger partial charge in [0, 0.05) is 24.2 Å². The number of hydrogen-bond acceptors (Lipinski definition) is 3. The Morgan fingerprint density at radius 2 is 1.94 bits per heavy atom. The Bertz CT molecular complexity index is 508. The molecule has 0 amide bonds. The molecular weight excluding hydrogens is 226 g/mol. The first-order valence-electron chi connectivity index (χ1n) is 5.73. The molecule has 2 rings (SSSR count). The van der Waals surface area contributed by atoms with Crippen molar-refractivity contribution in [3.8, 4) is 5.88 Å². The molecule has 0 atom stereocenters. The maximum Gasteiger partial charge on any atom is 0.213 e. The van der Waals surface area contributed by atoms with Crippen LogP contribution in [0.1, 0.15) is 11.1 Å². The van der Waals surface area contributed by atoms with Crippen LogP contribution in [-0.2, 0) is 6.42 Å². The van der Waals surface area contributed by atoms with Crippen LogP contribution in [0.25, 0.3) is 0 Å². The summed E-state index contributed by atoms with van der Waals surface area (Å²) in [6, 6.07) is 13.6. The van der Waals surface area contributed by atoms with Gasteiger partial charge in [0.25, 0.3) is 0 Å². The minimum absolute atomic E-state index is 0.0123. The van der Waals surface area contributed by atoms with E-state index < -0.39 is 0 Å². The molecule has 18 heavy (non-hydrogen) atoms. The molecule has 0 saturated carbocycles. The normalized spacial score (nSPS) is 10.0. The smallest absolute Gasteiger partial charge is 0.213 e. The fourth-order valence-corrected chi connectivity index (χ4v) is 1.54. The zero-order valence-corrected chi connectivity index (χ0v) is 9.97. The number of rotatable bonds is 5. The lowest BCUT2D eigenvalue weighted by atomic mass is 10.2. The number of nitrogens with one attached hydrogen (secondary N) is 1. The van der Waals surface area contributed by atoms with Gasteiger partial charge in [0.15, 0.2) is 0 Å². The summed E-state index contributed by atoms with van der Waals surface area (Å²) in [5.74, 6) is 0.564. The third kappa shape index (κ3) is 3.31. The molecule has 0 saturated heterocycles. The number of amidine groups is 1. The van der Waals surface area contributed by atoms with E-state index >= 15 is 0 Å². The van der Waals surface area contributed by atoms with Gasteiger partial charge in [-0.3, -0.25) is 5.41 Å². The lowest BCUT2D eigenvalue weighted by Crippen LogP contribution is -2.11.